The molecular formula is C18H18ClN3O2S. The second-order valence-electron chi connectivity index (χ2n) is 5.99. The maximum absolute atomic E-state index is 12.8. The summed E-state index contributed by atoms with van der Waals surface area (Å²) >= 11 is 7.57. The Hall–Kier alpha value is -2.18. The molecule has 1 atom stereocenters. The van der Waals surface area contributed by atoms with Crippen molar-refractivity contribution in [2.24, 2.45) is 0 Å². The number of rotatable bonds is 3. The van der Waals surface area contributed by atoms with E-state index in [9.17, 15) is 9.59 Å². The van der Waals surface area contributed by atoms with Gasteiger partial charge in [0.2, 0.25) is 5.91 Å². The Morgan fingerprint density at radius 1 is 1.32 bits per heavy atom. The van der Waals surface area contributed by atoms with Crippen LogP contribution in [-0.2, 0) is 4.79 Å². The largest absolute Gasteiger partial charge is 0.324 e. The van der Waals surface area contributed by atoms with E-state index in [4.69, 9.17) is 11.6 Å². The lowest BCUT2D eigenvalue weighted by molar-refractivity contribution is -0.118. The first-order chi connectivity index (χ1) is 11.8. The number of aromatic nitrogens is 2. The van der Waals surface area contributed by atoms with E-state index in [1.807, 2.05) is 19.9 Å². The van der Waals surface area contributed by atoms with E-state index in [1.165, 1.54) is 15.9 Å². The number of halogens is 1. The highest BCUT2D eigenvalue weighted by atomic mass is 35.5. The Labute approximate surface area is 154 Å². The van der Waals surface area contributed by atoms with Crippen LogP contribution in [0.1, 0.15) is 29.2 Å². The third kappa shape index (κ3) is 3.19. The fourth-order valence-corrected chi connectivity index (χ4v) is 3.86. The lowest BCUT2D eigenvalue weighted by Gasteiger charge is -2.18. The summed E-state index contributed by atoms with van der Waals surface area (Å²) in [6, 6.07) is 6.45. The molecule has 0 aliphatic carbocycles. The Morgan fingerprint density at radius 3 is 2.76 bits per heavy atom. The summed E-state index contributed by atoms with van der Waals surface area (Å²) < 4.78 is 1.43. The Bertz CT molecular complexity index is 1040. The predicted octanol–water partition coefficient (Wildman–Crippen LogP) is 4.24. The molecule has 3 rings (SSSR count). The minimum Gasteiger partial charge on any atom is -0.324 e. The number of nitrogens with zero attached hydrogens (tertiary/aromatic N) is 2. The van der Waals surface area contributed by atoms with Crippen LogP contribution in [0, 0.1) is 20.8 Å². The molecule has 0 bridgehead atoms. The molecule has 3 aromatic rings. The summed E-state index contributed by atoms with van der Waals surface area (Å²) in [6.07, 6.45) is 0. The number of thiophene rings is 1. The number of aryl methyl sites for hydroxylation is 2. The van der Waals surface area contributed by atoms with Gasteiger partial charge in [-0.1, -0.05) is 17.7 Å². The first-order valence-electron chi connectivity index (χ1n) is 7.85. The van der Waals surface area contributed by atoms with Crippen LogP contribution in [0.4, 0.5) is 5.69 Å². The molecule has 0 saturated heterocycles. The van der Waals surface area contributed by atoms with E-state index >= 15 is 0 Å². The van der Waals surface area contributed by atoms with Crippen molar-refractivity contribution in [3.8, 4) is 0 Å². The molecule has 1 N–H and O–H groups in total. The molecule has 0 aliphatic rings. The maximum Gasteiger partial charge on any atom is 0.263 e. The van der Waals surface area contributed by atoms with Crippen LogP contribution in [-0.4, -0.2) is 15.5 Å². The molecular weight excluding hydrogens is 358 g/mol. The topological polar surface area (TPSA) is 64.0 Å². The minimum atomic E-state index is -0.692. The highest BCUT2D eigenvalue weighted by molar-refractivity contribution is 7.18. The van der Waals surface area contributed by atoms with E-state index in [0.29, 0.717) is 26.8 Å². The molecule has 1 aromatic carbocycles. The van der Waals surface area contributed by atoms with Crippen LogP contribution >= 0.6 is 22.9 Å². The molecule has 5 nitrogen and oxygen atoms in total. The van der Waals surface area contributed by atoms with Gasteiger partial charge >= 0.3 is 0 Å². The van der Waals surface area contributed by atoms with E-state index in [1.54, 1.807) is 32.0 Å². The molecule has 0 aliphatic heterocycles. The molecule has 2 heterocycles. The fourth-order valence-electron chi connectivity index (χ4n) is 2.77. The van der Waals surface area contributed by atoms with E-state index < -0.39 is 6.04 Å². The van der Waals surface area contributed by atoms with E-state index in [-0.39, 0.29) is 11.5 Å². The van der Waals surface area contributed by atoms with Crippen LogP contribution in [0.25, 0.3) is 10.2 Å². The molecule has 130 valence electrons. The predicted molar refractivity (Wildman–Crippen MR) is 103 cm³/mol. The minimum absolute atomic E-state index is 0.197. The monoisotopic (exact) mass is 375 g/mol. The average Bonchev–Trinajstić information content (AvgIpc) is 2.92. The number of anilines is 1. The summed E-state index contributed by atoms with van der Waals surface area (Å²) in [7, 11) is 0. The molecule has 0 spiro atoms. The van der Waals surface area contributed by atoms with Gasteiger partial charge in [0.1, 0.15) is 16.7 Å². The number of benzene rings is 1. The van der Waals surface area contributed by atoms with Crippen molar-refractivity contribution in [2.45, 2.75) is 33.7 Å². The van der Waals surface area contributed by atoms with Crippen LogP contribution in [0.2, 0.25) is 5.02 Å². The first-order valence-corrected chi connectivity index (χ1v) is 9.04. The Kier molecular flexibility index (Phi) is 4.67. The Morgan fingerprint density at radius 2 is 2.04 bits per heavy atom. The zero-order valence-corrected chi connectivity index (χ0v) is 16.0. The molecule has 25 heavy (non-hydrogen) atoms. The van der Waals surface area contributed by atoms with Gasteiger partial charge < -0.3 is 5.32 Å². The summed E-state index contributed by atoms with van der Waals surface area (Å²) in [6.45, 7) is 7.20. The van der Waals surface area contributed by atoms with Crippen molar-refractivity contribution in [3.63, 3.8) is 0 Å². The smallest absolute Gasteiger partial charge is 0.263 e. The SMILES string of the molecule is Cc1cc2c(=O)n(C(C)C(=O)Nc3cccc(Cl)c3C)c(C)nc2s1. The average molecular weight is 376 g/mol. The van der Waals surface area contributed by atoms with Gasteiger partial charge in [0.05, 0.1) is 5.39 Å². The van der Waals surface area contributed by atoms with Crippen molar-refractivity contribution in [1.82, 2.24) is 9.55 Å². The maximum atomic E-state index is 12.8. The number of carbonyl (C=O) groups excluding carboxylic acids is 1. The quantitative estimate of drug-likeness (QED) is 0.744. The molecule has 1 amide bonds. The lowest BCUT2D eigenvalue weighted by Crippen LogP contribution is -2.33. The molecule has 2 aromatic heterocycles. The number of carbonyl (C=O) groups is 1. The normalized spacial score (nSPS) is 12.4. The third-order valence-corrected chi connectivity index (χ3v) is 5.54. The van der Waals surface area contributed by atoms with Gasteiger partial charge in [-0.3, -0.25) is 14.2 Å². The van der Waals surface area contributed by atoms with Crippen LogP contribution in [0.5, 0.6) is 0 Å². The lowest BCUT2D eigenvalue weighted by atomic mass is 10.2. The standard InChI is InChI=1S/C18H18ClN3O2S/c1-9-8-13-17(25-9)20-12(4)22(18(13)24)11(3)16(23)21-15-7-5-6-14(19)10(15)2/h5-8,11H,1-4H3,(H,21,23). The van der Waals surface area contributed by atoms with Gasteiger partial charge in [0.25, 0.3) is 5.56 Å². The number of fused-ring (bicyclic) bond motifs is 1. The van der Waals surface area contributed by atoms with Crippen molar-refractivity contribution >= 4 is 44.7 Å². The summed E-state index contributed by atoms with van der Waals surface area (Å²) in [4.78, 5) is 31.7. The molecule has 0 radical (unpaired) electrons. The highest BCUT2D eigenvalue weighted by Gasteiger charge is 2.21. The second kappa shape index (κ2) is 6.61. The van der Waals surface area contributed by atoms with Crippen LogP contribution < -0.4 is 10.9 Å². The zero-order chi connectivity index (χ0) is 18.3. The van der Waals surface area contributed by atoms with E-state index in [0.717, 1.165) is 10.4 Å². The van der Waals surface area contributed by atoms with Crippen LogP contribution in [0.15, 0.2) is 29.1 Å². The van der Waals surface area contributed by atoms with Gasteiger partial charge in [0.15, 0.2) is 0 Å². The van der Waals surface area contributed by atoms with Gasteiger partial charge in [-0.2, -0.15) is 0 Å². The van der Waals surface area contributed by atoms with Crippen molar-refractivity contribution in [3.05, 3.63) is 55.9 Å². The highest BCUT2D eigenvalue weighted by Crippen LogP contribution is 2.25. The summed E-state index contributed by atoms with van der Waals surface area (Å²) in [5.74, 6) is 0.230. The fraction of sp³-hybridized carbons (Fsp3) is 0.278. The van der Waals surface area contributed by atoms with Crippen LogP contribution in [0.3, 0.4) is 0 Å². The van der Waals surface area contributed by atoms with Gasteiger partial charge in [0, 0.05) is 15.6 Å². The second-order valence-corrected chi connectivity index (χ2v) is 7.63. The number of hydrogen-bond acceptors (Lipinski definition) is 4. The van der Waals surface area contributed by atoms with Gasteiger partial charge in [-0.05, 0) is 51.5 Å². The first kappa shape index (κ1) is 17.6. The third-order valence-electron chi connectivity index (χ3n) is 4.19. The molecule has 1 unspecified atom stereocenters. The summed E-state index contributed by atoms with van der Waals surface area (Å²) in [5.41, 5.74) is 1.23. The summed E-state index contributed by atoms with van der Waals surface area (Å²) in [5, 5.41) is 3.98. The van der Waals surface area contributed by atoms with Crippen molar-refractivity contribution in [1.29, 1.82) is 0 Å². The van der Waals surface area contributed by atoms with Gasteiger partial charge in [-0.25, -0.2) is 4.98 Å². The number of nitrogens with one attached hydrogen (secondary N) is 1. The Balaban J connectivity index is 1.99. The number of hydrogen-bond donors (Lipinski definition) is 1. The van der Waals surface area contributed by atoms with Gasteiger partial charge in [-0.15, -0.1) is 11.3 Å². The molecule has 0 saturated carbocycles. The van der Waals surface area contributed by atoms with E-state index in [2.05, 4.69) is 10.3 Å². The van der Waals surface area contributed by atoms with Crippen molar-refractivity contribution in [2.75, 3.05) is 5.32 Å². The van der Waals surface area contributed by atoms with Crippen molar-refractivity contribution < 1.29 is 4.79 Å². The zero-order valence-electron chi connectivity index (χ0n) is 14.4. The molecule has 0 fully saturated rings. The molecule has 7 heteroatoms. The number of amides is 1.